The summed E-state index contributed by atoms with van der Waals surface area (Å²) in [5.74, 6) is 0.715. The van der Waals surface area contributed by atoms with Gasteiger partial charge >= 0.3 is 11.1 Å². The number of aromatic nitrogens is 2. The lowest BCUT2D eigenvalue weighted by molar-refractivity contribution is 0.394. The van der Waals surface area contributed by atoms with Crippen molar-refractivity contribution in [3.8, 4) is 5.75 Å². The van der Waals surface area contributed by atoms with E-state index in [1.807, 2.05) is 24.3 Å². The molecule has 1 aliphatic rings. The molecule has 0 saturated carbocycles. The predicted molar refractivity (Wildman–Crippen MR) is 113 cm³/mol. The maximum Gasteiger partial charge on any atom is 0.316 e. The van der Waals surface area contributed by atoms with Crippen molar-refractivity contribution in [1.82, 2.24) is 13.4 Å². The Balaban J connectivity index is 1.79. The van der Waals surface area contributed by atoms with Gasteiger partial charge in [-0.3, -0.25) is 9.59 Å². The number of nitrogens with zero attached hydrogens (tertiary/aromatic N) is 3. The molecule has 0 amide bonds. The first-order valence-electron chi connectivity index (χ1n) is 9.61. The van der Waals surface area contributed by atoms with E-state index in [1.54, 1.807) is 13.2 Å². The summed E-state index contributed by atoms with van der Waals surface area (Å²) in [6.07, 6.45) is 1.49. The Morgan fingerprint density at radius 2 is 1.57 bits per heavy atom. The second-order valence-corrected chi connectivity index (χ2v) is 9.32. The average molecular weight is 429 g/mol. The van der Waals surface area contributed by atoms with E-state index in [0.717, 1.165) is 18.4 Å². The highest BCUT2D eigenvalue weighted by Crippen LogP contribution is 2.37. The minimum Gasteiger partial charge on any atom is -0.497 e. The van der Waals surface area contributed by atoms with Crippen LogP contribution in [-0.4, -0.2) is 35.5 Å². The number of rotatable bonds is 4. The van der Waals surface area contributed by atoms with Crippen LogP contribution in [0.5, 0.6) is 5.75 Å². The predicted octanol–water partition coefficient (Wildman–Crippen LogP) is 1.77. The first-order chi connectivity index (χ1) is 14.3. The molecule has 1 saturated heterocycles. The van der Waals surface area contributed by atoms with Gasteiger partial charge in [-0.25, -0.2) is 8.42 Å². The van der Waals surface area contributed by atoms with E-state index in [2.05, 4.69) is 0 Å². The van der Waals surface area contributed by atoms with Gasteiger partial charge in [-0.1, -0.05) is 12.1 Å². The molecule has 0 radical (unpaired) electrons. The van der Waals surface area contributed by atoms with Gasteiger partial charge < -0.3 is 13.9 Å². The monoisotopic (exact) mass is 429 g/mol. The minimum absolute atomic E-state index is 0.101. The highest BCUT2D eigenvalue weighted by molar-refractivity contribution is 7.89. The normalized spacial score (nSPS) is 17.5. The SMILES string of the molecule is COc1ccc([C@@H]2CCCN2S(=O)(=O)c2ccc3c(c2)n(C)c(=O)c(=O)n3C)cc1. The number of ether oxygens (including phenoxy) is 1. The third-order valence-electron chi connectivity index (χ3n) is 5.77. The van der Waals surface area contributed by atoms with Crippen molar-refractivity contribution in [2.75, 3.05) is 13.7 Å². The molecule has 0 N–H and O–H groups in total. The maximum absolute atomic E-state index is 13.5. The third kappa shape index (κ3) is 3.14. The minimum atomic E-state index is -3.80. The maximum atomic E-state index is 13.5. The third-order valence-corrected chi connectivity index (χ3v) is 7.68. The van der Waals surface area contributed by atoms with Crippen LogP contribution >= 0.6 is 0 Å². The van der Waals surface area contributed by atoms with E-state index in [-0.39, 0.29) is 10.9 Å². The van der Waals surface area contributed by atoms with Gasteiger partial charge in [0.05, 0.1) is 29.1 Å². The van der Waals surface area contributed by atoms with Crippen LogP contribution < -0.4 is 15.9 Å². The average Bonchev–Trinajstić information content (AvgIpc) is 3.26. The van der Waals surface area contributed by atoms with Crippen LogP contribution in [0.15, 0.2) is 56.9 Å². The molecule has 1 aliphatic heterocycles. The Morgan fingerprint density at radius 1 is 0.933 bits per heavy atom. The van der Waals surface area contributed by atoms with Crippen LogP contribution in [0.2, 0.25) is 0 Å². The van der Waals surface area contributed by atoms with Crippen molar-refractivity contribution < 1.29 is 13.2 Å². The second kappa shape index (κ2) is 7.41. The standard InChI is InChI=1S/C21H23N3O5S/c1-22-18-11-10-16(13-19(18)23(2)21(26)20(22)25)30(27,28)24-12-4-5-17(24)14-6-8-15(29-3)9-7-14/h6-11,13,17H,4-5,12H2,1-3H3/t17-/m0/s1. The number of hydrogen-bond donors (Lipinski definition) is 0. The molecule has 2 heterocycles. The molecule has 1 fully saturated rings. The van der Waals surface area contributed by atoms with Crippen LogP contribution in [0.1, 0.15) is 24.4 Å². The van der Waals surface area contributed by atoms with Gasteiger partial charge in [-0.15, -0.1) is 0 Å². The van der Waals surface area contributed by atoms with Gasteiger partial charge in [0.25, 0.3) is 0 Å². The molecule has 2 aromatic carbocycles. The van der Waals surface area contributed by atoms with Crippen molar-refractivity contribution in [1.29, 1.82) is 0 Å². The lowest BCUT2D eigenvalue weighted by Crippen LogP contribution is -2.39. The number of methoxy groups -OCH3 is 1. The smallest absolute Gasteiger partial charge is 0.316 e. The zero-order valence-electron chi connectivity index (χ0n) is 17.0. The van der Waals surface area contributed by atoms with E-state index in [0.29, 0.717) is 23.3 Å². The van der Waals surface area contributed by atoms with Gasteiger partial charge in [0.1, 0.15) is 5.75 Å². The van der Waals surface area contributed by atoms with Crippen molar-refractivity contribution in [3.63, 3.8) is 0 Å². The van der Waals surface area contributed by atoms with E-state index >= 15 is 0 Å². The Labute approximate surface area is 174 Å². The quantitative estimate of drug-likeness (QED) is 0.590. The van der Waals surface area contributed by atoms with Crippen molar-refractivity contribution in [3.05, 3.63) is 68.7 Å². The molecule has 4 rings (SSSR count). The lowest BCUT2D eigenvalue weighted by atomic mass is 10.1. The fourth-order valence-corrected chi connectivity index (χ4v) is 5.75. The molecule has 0 spiro atoms. The van der Waals surface area contributed by atoms with E-state index < -0.39 is 21.1 Å². The fraction of sp³-hybridized carbons (Fsp3) is 0.333. The highest BCUT2D eigenvalue weighted by atomic mass is 32.2. The molecule has 30 heavy (non-hydrogen) atoms. The summed E-state index contributed by atoms with van der Waals surface area (Å²) in [7, 11) is 0.762. The van der Waals surface area contributed by atoms with Gasteiger partial charge in [0.15, 0.2) is 0 Å². The number of fused-ring (bicyclic) bond motifs is 1. The Bertz CT molecular complexity index is 1340. The van der Waals surface area contributed by atoms with E-state index in [4.69, 9.17) is 4.74 Å². The topological polar surface area (TPSA) is 90.6 Å². The van der Waals surface area contributed by atoms with Gasteiger partial charge in [-0.05, 0) is 48.7 Å². The van der Waals surface area contributed by atoms with Crippen molar-refractivity contribution in [2.24, 2.45) is 14.1 Å². The molecule has 9 heteroatoms. The van der Waals surface area contributed by atoms with Crippen LogP contribution in [0.3, 0.4) is 0 Å². The first-order valence-corrected chi connectivity index (χ1v) is 11.1. The fourth-order valence-electron chi connectivity index (χ4n) is 4.04. The largest absolute Gasteiger partial charge is 0.497 e. The van der Waals surface area contributed by atoms with Crippen LogP contribution in [0, 0.1) is 0 Å². The van der Waals surface area contributed by atoms with Crippen LogP contribution in [-0.2, 0) is 24.1 Å². The van der Waals surface area contributed by atoms with Crippen molar-refractivity contribution >= 4 is 21.1 Å². The summed E-state index contributed by atoms with van der Waals surface area (Å²) in [5, 5.41) is 0. The molecule has 158 valence electrons. The summed E-state index contributed by atoms with van der Waals surface area (Å²) in [4.78, 5) is 24.3. The molecule has 1 aromatic heterocycles. The summed E-state index contributed by atoms with van der Waals surface area (Å²) >= 11 is 0. The van der Waals surface area contributed by atoms with Gasteiger partial charge in [0.2, 0.25) is 10.0 Å². The molecule has 0 unspecified atom stereocenters. The zero-order chi connectivity index (χ0) is 21.6. The molecule has 3 aromatic rings. The Morgan fingerprint density at radius 3 is 2.20 bits per heavy atom. The molecule has 0 bridgehead atoms. The van der Waals surface area contributed by atoms with E-state index in [9.17, 15) is 18.0 Å². The first kappa shape index (κ1) is 20.4. The number of benzene rings is 2. The number of hydrogen-bond acceptors (Lipinski definition) is 5. The van der Waals surface area contributed by atoms with E-state index in [1.165, 1.54) is 39.7 Å². The zero-order valence-corrected chi connectivity index (χ0v) is 17.8. The summed E-state index contributed by atoms with van der Waals surface area (Å²) < 4.78 is 36.1. The number of aryl methyl sites for hydroxylation is 2. The lowest BCUT2D eigenvalue weighted by Gasteiger charge is -2.25. The molecular weight excluding hydrogens is 406 g/mol. The molecule has 1 atom stereocenters. The highest BCUT2D eigenvalue weighted by Gasteiger charge is 2.36. The van der Waals surface area contributed by atoms with Crippen molar-refractivity contribution in [2.45, 2.75) is 23.8 Å². The Kier molecular flexibility index (Phi) is 5.03. The summed E-state index contributed by atoms with van der Waals surface area (Å²) in [6, 6.07) is 11.7. The molecular formula is C21H23N3O5S. The summed E-state index contributed by atoms with van der Waals surface area (Å²) in [6.45, 7) is 0.420. The Hall–Kier alpha value is -2.91. The van der Waals surface area contributed by atoms with Crippen LogP contribution in [0.25, 0.3) is 11.0 Å². The molecule has 8 nitrogen and oxygen atoms in total. The molecule has 0 aliphatic carbocycles. The van der Waals surface area contributed by atoms with Gasteiger partial charge in [0, 0.05) is 20.6 Å². The van der Waals surface area contributed by atoms with Gasteiger partial charge in [-0.2, -0.15) is 4.31 Å². The second-order valence-electron chi connectivity index (χ2n) is 7.43. The number of sulfonamides is 1. The van der Waals surface area contributed by atoms with Crippen LogP contribution in [0.4, 0.5) is 0 Å². The summed E-state index contributed by atoms with van der Waals surface area (Å²) in [5.41, 5.74) is 0.446.